The minimum atomic E-state index is -3.41. The summed E-state index contributed by atoms with van der Waals surface area (Å²) in [6.45, 7) is 7.16. The fraction of sp³-hybridized carbons (Fsp3) is 0.625. The fourth-order valence-electron chi connectivity index (χ4n) is 2.96. The lowest BCUT2D eigenvalue weighted by Crippen LogP contribution is -2.45. The van der Waals surface area contributed by atoms with Crippen molar-refractivity contribution in [1.29, 1.82) is 0 Å². The lowest BCUT2D eigenvalue weighted by Gasteiger charge is -2.36. The number of sulfonamides is 1. The van der Waals surface area contributed by atoms with E-state index in [-0.39, 0.29) is 6.04 Å². The largest absolute Gasteiger partial charge is 0.303 e. The van der Waals surface area contributed by atoms with Crippen LogP contribution in [0, 0.1) is 6.92 Å². The molecule has 0 atom stereocenters. The molecule has 2 rings (SSSR count). The SMILES string of the molecule is CCCN1CCC(N(C)S(=O)(=O)c2ccc(Br)c(C)c2)CC1. The van der Waals surface area contributed by atoms with Gasteiger partial charge in [-0.25, -0.2) is 8.42 Å². The molecular formula is C16H25BrN2O2S. The van der Waals surface area contributed by atoms with E-state index in [1.54, 1.807) is 29.6 Å². The second kappa shape index (κ2) is 7.43. The summed E-state index contributed by atoms with van der Waals surface area (Å²) < 4.78 is 28.1. The molecule has 1 saturated heterocycles. The molecule has 0 amide bonds. The molecule has 0 bridgehead atoms. The highest BCUT2D eigenvalue weighted by Crippen LogP contribution is 2.25. The first-order valence-electron chi connectivity index (χ1n) is 7.82. The standard InChI is InChI=1S/C16H25BrN2O2S/c1-4-9-19-10-7-14(8-11-19)18(3)22(20,21)15-5-6-16(17)13(2)12-15/h5-6,12,14H,4,7-11H2,1-3H3. The van der Waals surface area contributed by atoms with Crippen molar-refractivity contribution in [1.82, 2.24) is 9.21 Å². The van der Waals surface area contributed by atoms with Gasteiger partial charge in [-0.2, -0.15) is 4.31 Å². The predicted octanol–water partition coefficient (Wildman–Crippen LogP) is 3.25. The molecule has 0 spiro atoms. The Morgan fingerprint density at radius 2 is 1.95 bits per heavy atom. The maximum absolute atomic E-state index is 12.8. The lowest BCUT2D eigenvalue weighted by molar-refractivity contribution is 0.170. The summed E-state index contributed by atoms with van der Waals surface area (Å²) in [5.41, 5.74) is 0.937. The van der Waals surface area contributed by atoms with Gasteiger partial charge < -0.3 is 4.90 Å². The summed E-state index contributed by atoms with van der Waals surface area (Å²) in [6, 6.07) is 5.32. The summed E-state index contributed by atoms with van der Waals surface area (Å²) >= 11 is 3.42. The number of benzene rings is 1. The number of piperidine rings is 1. The molecule has 6 heteroatoms. The van der Waals surface area contributed by atoms with Gasteiger partial charge in [-0.1, -0.05) is 22.9 Å². The van der Waals surface area contributed by atoms with E-state index in [1.165, 1.54) is 0 Å². The third-order valence-electron chi connectivity index (χ3n) is 4.42. The molecular weight excluding hydrogens is 364 g/mol. The van der Waals surface area contributed by atoms with Crippen molar-refractivity contribution < 1.29 is 8.42 Å². The average Bonchev–Trinajstić information content (AvgIpc) is 2.50. The second-order valence-corrected chi connectivity index (χ2v) is 8.86. The Bertz CT molecular complexity index is 611. The minimum Gasteiger partial charge on any atom is -0.303 e. The van der Waals surface area contributed by atoms with Gasteiger partial charge in [-0.3, -0.25) is 0 Å². The van der Waals surface area contributed by atoms with Crippen LogP contribution < -0.4 is 0 Å². The van der Waals surface area contributed by atoms with Crippen LogP contribution in [-0.2, 0) is 10.0 Å². The molecule has 4 nitrogen and oxygen atoms in total. The molecule has 0 unspecified atom stereocenters. The Morgan fingerprint density at radius 1 is 1.32 bits per heavy atom. The van der Waals surface area contributed by atoms with E-state index in [0.29, 0.717) is 4.90 Å². The Morgan fingerprint density at radius 3 is 2.50 bits per heavy atom. The summed E-state index contributed by atoms with van der Waals surface area (Å²) in [6.07, 6.45) is 2.97. The summed E-state index contributed by atoms with van der Waals surface area (Å²) in [5, 5.41) is 0. The van der Waals surface area contributed by atoms with Crippen molar-refractivity contribution in [2.24, 2.45) is 0 Å². The van der Waals surface area contributed by atoms with Crippen molar-refractivity contribution in [2.45, 2.75) is 44.0 Å². The van der Waals surface area contributed by atoms with Gasteiger partial charge in [0.2, 0.25) is 10.0 Å². The molecule has 1 aliphatic heterocycles. The van der Waals surface area contributed by atoms with Gasteiger partial charge in [-0.15, -0.1) is 0 Å². The molecule has 1 aliphatic rings. The molecule has 0 radical (unpaired) electrons. The number of likely N-dealkylation sites (tertiary alicyclic amines) is 1. The molecule has 0 N–H and O–H groups in total. The van der Waals surface area contributed by atoms with Gasteiger partial charge >= 0.3 is 0 Å². The molecule has 124 valence electrons. The van der Waals surface area contributed by atoms with E-state index in [0.717, 1.165) is 48.9 Å². The smallest absolute Gasteiger partial charge is 0.243 e. The Balaban J connectivity index is 2.11. The molecule has 0 aromatic heterocycles. The highest BCUT2D eigenvalue weighted by atomic mass is 79.9. The molecule has 0 aliphatic carbocycles. The zero-order valence-electron chi connectivity index (χ0n) is 13.5. The van der Waals surface area contributed by atoms with Crippen molar-refractivity contribution in [3.63, 3.8) is 0 Å². The number of nitrogens with zero attached hydrogens (tertiary/aromatic N) is 2. The molecule has 1 aromatic carbocycles. The van der Waals surface area contributed by atoms with E-state index in [2.05, 4.69) is 27.8 Å². The maximum atomic E-state index is 12.8. The summed E-state index contributed by atoms with van der Waals surface area (Å²) in [7, 11) is -1.70. The van der Waals surface area contributed by atoms with Gasteiger partial charge in [0, 0.05) is 17.6 Å². The van der Waals surface area contributed by atoms with Crippen LogP contribution >= 0.6 is 15.9 Å². The Kier molecular flexibility index (Phi) is 6.05. The van der Waals surface area contributed by atoms with Crippen LogP contribution in [0.3, 0.4) is 0 Å². The number of aryl methyl sites for hydroxylation is 1. The Hall–Kier alpha value is -0.430. The first kappa shape index (κ1) is 17.9. The molecule has 0 saturated carbocycles. The van der Waals surface area contributed by atoms with Crippen LogP contribution in [0.2, 0.25) is 0 Å². The Labute approximate surface area is 142 Å². The van der Waals surface area contributed by atoms with Crippen molar-refractivity contribution in [3.05, 3.63) is 28.2 Å². The van der Waals surface area contributed by atoms with E-state index in [9.17, 15) is 8.42 Å². The summed E-state index contributed by atoms with van der Waals surface area (Å²) in [5.74, 6) is 0. The van der Waals surface area contributed by atoms with Crippen LogP contribution in [0.1, 0.15) is 31.7 Å². The second-order valence-electron chi connectivity index (χ2n) is 6.01. The van der Waals surface area contributed by atoms with Crippen LogP contribution in [0.5, 0.6) is 0 Å². The lowest BCUT2D eigenvalue weighted by atomic mass is 10.1. The van der Waals surface area contributed by atoms with Crippen molar-refractivity contribution in [2.75, 3.05) is 26.7 Å². The van der Waals surface area contributed by atoms with Gasteiger partial charge in [0.1, 0.15) is 0 Å². The van der Waals surface area contributed by atoms with E-state index in [4.69, 9.17) is 0 Å². The van der Waals surface area contributed by atoms with Gasteiger partial charge in [0.15, 0.2) is 0 Å². The first-order valence-corrected chi connectivity index (χ1v) is 10.1. The van der Waals surface area contributed by atoms with Crippen LogP contribution in [0.4, 0.5) is 0 Å². The molecule has 1 fully saturated rings. The maximum Gasteiger partial charge on any atom is 0.243 e. The first-order chi connectivity index (χ1) is 10.4. The fourth-order valence-corrected chi connectivity index (χ4v) is 4.71. The van der Waals surface area contributed by atoms with Crippen LogP contribution in [0.15, 0.2) is 27.6 Å². The van der Waals surface area contributed by atoms with Crippen molar-refractivity contribution >= 4 is 26.0 Å². The topological polar surface area (TPSA) is 40.6 Å². The summed E-state index contributed by atoms with van der Waals surface area (Å²) in [4.78, 5) is 2.80. The normalized spacial score (nSPS) is 18.0. The third-order valence-corrected chi connectivity index (χ3v) is 7.21. The van der Waals surface area contributed by atoms with E-state index < -0.39 is 10.0 Å². The molecule has 1 heterocycles. The molecule has 1 aromatic rings. The number of hydrogen-bond donors (Lipinski definition) is 0. The number of halogens is 1. The predicted molar refractivity (Wildman–Crippen MR) is 93.6 cm³/mol. The minimum absolute atomic E-state index is 0.0991. The van der Waals surface area contributed by atoms with Crippen LogP contribution in [-0.4, -0.2) is 50.3 Å². The van der Waals surface area contributed by atoms with Gasteiger partial charge in [0.05, 0.1) is 4.90 Å². The average molecular weight is 389 g/mol. The van der Waals surface area contributed by atoms with Gasteiger partial charge in [0.25, 0.3) is 0 Å². The highest BCUT2D eigenvalue weighted by molar-refractivity contribution is 9.10. The quantitative estimate of drug-likeness (QED) is 0.776. The number of hydrogen-bond acceptors (Lipinski definition) is 3. The number of rotatable bonds is 5. The highest BCUT2D eigenvalue weighted by Gasteiger charge is 2.30. The van der Waals surface area contributed by atoms with E-state index >= 15 is 0 Å². The monoisotopic (exact) mass is 388 g/mol. The van der Waals surface area contributed by atoms with Crippen molar-refractivity contribution in [3.8, 4) is 0 Å². The zero-order chi connectivity index (χ0) is 16.3. The zero-order valence-corrected chi connectivity index (χ0v) is 16.0. The van der Waals surface area contributed by atoms with Gasteiger partial charge in [-0.05, 0) is 69.6 Å². The van der Waals surface area contributed by atoms with Crippen LogP contribution in [0.25, 0.3) is 0 Å². The third kappa shape index (κ3) is 3.91. The van der Waals surface area contributed by atoms with E-state index in [1.807, 2.05) is 6.92 Å². The molecule has 22 heavy (non-hydrogen) atoms.